The van der Waals surface area contributed by atoms with E-state index in [1.165, 1.54) is 16.4 Å². The number of hydrogen-bond acceptors (Lipinski definition) is 3. The van der Waals surface area contributed by atoms with Crippen molar-refractivity contribution in [1.82, 2.24) is 4.31 Å². The largest absolute Gasteiger partial charge is 0.322 e. The van der Waals surface area contributed by atoms with E-state index in [1.54, 1.807) is 31.3 Å². The number of hydrogen-bond donors (Lipinski definition) is 1. The molecule has 0 spiro atoms. The second-order valence-corrected chi connectivity index (χ2v) is 8.64. The van der Waals surface area contributed by atoms with Crippen LogP contribution in [0.3, 0.4) is 0 Å². The molecule has 1 amide bonds. The van der Waals surface area contributed by atoms with Crippen LogP contribution < -0.4 is 5.32 Å². The minimum Gasteiger partial charge on any atom is -0.322 e. The third kappa shape index (κ3) is 4.65. The fourth-order valence-electron chi connectivity index (χ4n) is 2.81. The number of nitrogens with zero attached hydrogens (tertiary/aromatic N) is 1. The fraction of sp³-hybridized carbons (Fsp3) is 0.136. The number of rotatable bonds is 6. The van der Waals surface area contributed by atoms with E-state index in [-0.39, 0.29) is 17.3 Å². The number of aryl methyl sites for hydroxylation is 1. The summed E-state index contributed by atoms with van der Waals surface area (Å²) in [4.78, 5) is 12.5. The molecule has 0 atom stereocenters. The monoisotopic (exact) mass is 394 g/mol. The van der Waals surface area contributed by atoms with Gasteiger partial charge in [-0.25, -0.2) is 8.42 Å². The van der Waals surface area contributed by atoms with Gasteiger partial charge in [-0.15, -0.1) is 0 Å². The third-order valence-electron chi connectivity index (χ3n) is 4.35. The number of nitrogens with one attached hydrogen (secondary N) is 1. The molecule has 0 aromatic heterocycles. The van der Waals surface area contributed by atoms with Crippen molar-refractivity contribution in [1.29, 1.82) is 0 Å². The highest BCUT2D eigenvalue weighted by Gasteiger charge is 2.21. The number of benzene rings is 3. The molecule has 3 rings (SSSR count). The molecule has 0 aliphatic rings. The highest BCUT2D eigenvalue weighted by atomic mass is 32.2. The first-order chi connectivity index (χ1) is 13.4. The summed E-state index contributed by atoms with van der Waals surface area (Å²) in [5.41, 5.74) is 3.00. The van der Waals surface area contributed by atoms with Crippen LogP contribution in [0.2, 0.25) is 0 Å². The number of anilines is 1. The molecule has 0 saturated carbocycles. The first-order valence-corrected chi connectivity index (χ1v) is 10.3. The smallest absolute Gasteiger partial charge is 0.255 e. The Hall–Kier alpha value is -2.96. The van der Waals surface area contributed by atoms with Gasteiger partial charge in [-0.05, 0) is 48.9 Å². The molecule has 0 heterocycles. The zero-order valence-corrected chi connectivity index (χ0v) is 16.6. The normalized spacial score (nSPS) is 11.4. The Morgan fingerprint density at radius 2 is 1.61 bits per heavy atom. The lowest BCUT2D eigenvalue weighted by atomic mass is 10.1. The quantitative estimate of drug-likeness (QED) is 0.685. The van der Waals surface area contributed by atoms with Gasteiger partial charge in [0.15, 0.2) is 0 Å². The molecule has 0 fully saturated rings. The summed E-state index contributed by atoms with van der Waals surface area (Å²) in [6, 6.07) is 22.9. The minimum absolute atomic E-state index is 0.180. The van der Waals surface area contributed by atoms with Crippen LogP contribution in [-0.4, -0.2) is 25.7 Å². The van der Waals surface area contributed by atoms with E-state index >= 15 is 0 Å². The SMILES string of the molecule is Cc1cccc(C(=O)Nc2ccc(S(=O)(=O)N(C)Cc3ccccc3)cc2)c1. The Bertz CT molecular complexity index is 1060. The molecule has 28 heavy (non-hydrogen) atoms. The van der Waals surface area contributed by atoms with Crippen LogP contribution in [0.1, 0.15) is 21.5 Å². The van der Waals surface area contributed by atoms with Crippen LogP contribution in [-0.2, 0) is 16.6 Å². The molecule has 3 aromatic carbocycles. The van der Waals surface area contributed by atoms with Crippen molar-refractivity contribution in [2.75, 3.05) is 12.4 Å². The summed E-state index contributed by atoms with van der Waals surface area (Å²) >= 11 is 0. The van der Waals surface area contributed by atoms with Crippen molar-refractivity contribution < 1.29 is 13.2 Å². The highest BCUT2D eigenvalue weighted by Crippen LogP contribution is 2.20. The Morgan fingerprint density at radius 3 is 2.25 bits per heavy atom. The molecule has 5 nitrogen and oxygen atoms in total. The van der Waals surface area contributed by atoms with Gasteiger partial charge in [-0.1, -0.05) is 48.0 Å². The van der Waals surface area contributed by atoms with Gasteiger partial charge in [0.25, 0.3) is 5.91 Å². The minimum atomic E-state index is -3.62. The summed E-state index contributed by atoms with van der Waals surface area (Å²) < 4.78 is 26.8. The molecule has 0 unspecified atom stereocenters. The fourth-order valence-corrected chi connectivity index (χ4v) is 3.96. The van der Waals surface area contributed by atoms with Gasteiger partial charge in [0.1, 0.15) is 0 Å². The van der Waals surface area contributed by atoms with E-state index < -0.39 is 10.0 Å². The molecule has 1 N–H and O–H groups in total. The first kappa shape index (κ1) is 19.8. The zero-order chi connectivity index (χ0) is 20.1. The molecule has 0 bridgehead atoms. The third-order valence-corrected chi connectivity index (χ3v) is 6.17. The molecule has 0 aliphatic carbocycles. The standard InChI is InChI=1S/C22H22N2O3S/c1-17-7-6-10-19(15-17)22(25)23-20-11-13-21(14-12-20)28(26,27)24(2)16-18-8-4-3-5-9-18/h3-15H,16H2,1-2H3,(H,23,25). The van der Waals surface area contributed by atoms with Crippen molar-refractivity contribution in [2.45, 2.75) is 18.4 Å². The van der Waals surface area contributed by atoms with Gasteiger partial charge in [-0.3, -0.25) is 4.79 Å². The highest BCUT2D eigenvalue weighted by molar-refractivity contribution is 7.89. The van der Waals surface area contributed by atoms with Crippen LogP contribution >= 0.6 is 0 Å². The van der Waals surface area contributed by atoms with Crippen molar-refractivity contribution in [2.24, 2.45) is 0 Å². The Kier molecular flexibility index (Phi) is 5.92. The van der Waals surface area contributed by atoms with E-state index in [1.807, 2.05) is 49.4 Å². The zero-order valence-electron chi connectivity index (χ0n) is 15.8. The van der Waals surface area contributed by atoms with Crippen molar-refractivity contribution in [3.63, 3.8) is 0 Å². The molecule has 0 saturated heterocycles. The second kappa shape index (κ2) is 8.37. The predicted molar refractivity (Wildman–Crippen MR) is 111 cm³/mol. The van der Waals surface area contributed by atoms with Gasteiger partial charge >= 0.3 is 0 Å². The lowest BCUT2D eigenvalue weighted by Crippen LogP contribution is -2.26. The van der Waals surface area contributed by atoms with Gasteiger partial charge in [-0.2, -0.15) is 4.31 Å². The molecule has 0 radical (unpaired) electrons. The summed E-state index contributed by atoms with van der Waals surface area (Å²) in [6.45, 7) is 2.21. The lowest BCUT2D eigenvalue weighted by Gasteiger charge is -2.17. The topological polar surface area (TPSA) is 66.5 Å². The van der Waals surface area contributed by atoms with E-state index in [2.05, 4.69) is 5.32 Å². The van der Waals surface area contributed by atoms with Crippen molar-refractivity contribution in [3.05, 3.63) is 95.6 Å². The van der Waals surface area contributed by atoms with Crippen molar-refractivity contribution in [3.8, 4) is 0 Å². The summed E-state index contributed by atoms with van der Waals surface area (Å²) in [5.74, 6) is -0.236. The summed E-state index contributed by atoms with van der Waals surface area (Å²) in [6.07, 6.45) is 0. The average Bonchev–Trinajstić information content (AvgIpc) is 2.69. The summed E-state index contributed by atoms with van der Waals surface area (Å²) in [5, 5.41) is 2.79. The number of carbonyl (C=O) groups excluding carboxylic acids is 1. The average molecular weight is 394 g/mol. The number of carbonyl (C=O) groups is 1. The molecular formula is C22H22N2O3S. The summed E-state index contributed by atoms with van der Waals surface area (Å²) in [7, 11) is -2.07. The molecule has 6 heteroatoms. The van der Waals surface area contributed by atoms with Crippen LogP contribution in [0, 0.1) is 6.92 Å². The maximum atomic E-state index is 12.8. The van der Waals surface area contributed by atoms with Crippen molar-refractivity contribution >= 4 is 21.6 Å². The van der Waals surface area contributed by atoms with Crippen LogP contribution in [0.5, 0.6) is 0 Å². The van der Waals surface area contributed by atoms with Crippen LogP contribution in [0.4, 0.5) is 5.69 Å². The van der Waals surface area contributed by atoms with Gasteiger partial charge in [0.05, 0.1) is 4.90 Å². The Balaban J connectivity index is 1.71. The molecule has 3 aromatic rings. The van der Waals surface area contributed by atoms with E-state index in [0.29, 0.717) is 11.3 Å². The second-order valence-electron chi connectivity index (χ2n) is 6.59. The number of amides is 1. The maximum Gasteiger partial charge on any atom is 0.255 e. The Morgan fingerprint density at radius 1 is 0.929 bits per heavy atom. The molecule has 144 valence electrons. The number of sulfonamides is 1. The lowest BCUT2D eigenvalue weighted by molar-refractivity contribution is 0.102. The predicted octanol–water partition coefficient (Wildman–Crippen LogP) is 4.07. The first-order valence-electron chi connectivity index (χ1n) is 8.84. The van der Waals surface area contributed by atoms with E-state index in [9.17, 15) is 13.2 Å². The molecular weight excluding hydrogens is 372 g/mol. The maximum absolute atomic E-state index is 12.8. The van der Waals surface area contributed by atoms with Gasteiger partial charge in [0, 0.05) is 24.8 Å². The van der Waals surface area contributed by atoms with Crippen LogP contribution in [0.25, 0.3) is 0 Å². The molecule has 0 aliphatic heterocycles. The van der Waals surface area contributed by atoms with E-state index in [4.69, 9.17) is 0 Å². The van der Waals surface area contributed by atoms with E-state index in [0.717, 1.165) is 11.1 Å². The van der Waals surface area contributed by atoms with Gasteiger partial charge < -0.3 is 5.32 Å². The van der Waals surface area contributed by atoms with Gasteiger partial charge in [0.2, 0.25) is 10.0 Å². The Labute approximate surface area is 165 Å². The van der Waals surface area contributed by atoms with Crippen LogP contribution in [0.15, 0.2) is 83.8 Å².